The third kappa shape index (κ3) is 3.15. The maximum atomic E-state index is 12.6. The second-order valence-corrected chi connectivity index (χ2v) is 2.66. The minimum absolute atomic E-state index is 0.134. The third-order valence-corrected chi connectivity index (χ3v) is 1.55. The highest BCUT2D eigenvalue weighted by molar-refractivity contribution is 5.72. The predicted octanol–water partition coefficient (Wildman–Crippen LogP) is 0.0525. The molecule has 72 valence electrons. The van der Waals surface area contributed by atoms with E-state index in [0.29, 0.717) is 0 Å². The highest BCUT2D eigenvalue weighted by Crippen LogP contribution is 2.10. The molecular weight excluding hydrogens is 167 g/mol. The third-order valence-electron chi connectivity index (χ3n) is 1.55. The van der Waals surface area contributed by atoms with Crippen LogP contribution >= 0.6 is 0 Å². The van der Waals surface area contributed by atoms with Crippen molar-refractivity contribution in [1.29, 1.82) is 0 Å². The summed E-state index contributed by atoms with van der Waals surface area (Å²) >= 11 is 0. The summed E-state index contributed by atoms with van der Waals surface area (Å²) in [4.78, 5) is 10.1. The molecule has 0 spiro atoms. The summed E-state index contributed by atoms with van der Waals surface area (Å²) < 4.78 is 17.2. The Hall–Kier alpha value is -0.680. The van der Waals surface area contributed by atoms with Gasteiger partial charge in [0, 0.05) is 13.0 Å². The van der Waals surface area contributed by atoms with Crippen molar-refractivity contribution < 1.29 is 24.1 Å². The molecule has 0 fully saturated rings. The number of carboxylic acids is 1. The van der Waals surface area contributed by atoms with Gasteiger partial charge in [-0.05, 0) is 0 Å². The van der Waals surface area contributed by atoms with Crippen molar-refractivity contribution >= 4 is 5.97 Å². The molecule has 0 bridgehead atoms. The Kier molecular flexibility index (Phi) is 4.77. The maximum absolute atomic E-state index is 12.6. The molecule has 0 aliphatic heterocycles. The highest BCUT2D eigenvalue weighted by Gasteiger charge is 2.30. The Morgan fingerprint density at radius 2 is 2.17 bits per heavy atom. The lowest BCUT2D eigenvalue weighted by atomic mass is 10.0. The van der Waals surface area contributed by atoms with Crippen LogP contribution in [0, 0.1) is 5.92 Å². The van der Waals surface area contributed by atoms with E-state index in [2.05, 4.69) is 4.74 Å². The summed E-state index contributed by atoms with van der Waals surface area (Å²) in [6, 6.07) is 0. The maximum Gasteiger partial charge on any atom is 0.341 e. The average molecular weight is 180 g/mol. The molecule has 4 nitrogen and oxygen atoms in total. The van der Waals surface area contributed by atoms with E-state index in [4.69, 9.17) is 10.2 Å². The molecule has 5 heteroatoms. The first kappa shape index (κ1) is 11.3. The van der Waals surface area contributed by atoms with Gasteiger partial charge in [0.25, 0.3) is 0 Å². The van der Waals surface area contributed by atoms with Gasteiger partial charge in [-0.15, -0.1) is 0 Å². The van der Waals surface area contributed by atoms with E-state index in [9.17, 15) is 9.18 Å². The number of carboxylic acid groups (broad SMARTS) is 1. The fraction of sp³-hybridized carbons (Fsp3) is 0.857. The standard InChI is InChI=1S/C7H13FO4/c1-4(3-12-2)6(9)5(8)7(10)11/h4-6,9H,3H2,1-2H3,(H,10,11). The van der Waals surface area contributed by atoms with Crippen molar-refractivity contribution in [3.63, 3.8) is 0 Å². The van der Waals surface area contributed by atoms with Crippen LogP contribution in [0.25, 0.3) is 0 Å². The summed E-state index contributed by atoms with van der Waals surface area (Å²) in [5, 5.41) is 17.2. The van der Waals surface area contributed by atoms with Gasteiger partial charge < -0.3 is 14.9 Å². The lowest BCUT2D eigenvalue weighted by Crippen LogP contribution is -2.36. The number of hydrogen-bond donors (Lipinski definition) is 2. The summed E-state index contributed by atoms with van der Waals surface area (Å²) in [5.41, 5.74) is 0. The van der Waals surface area contributed by atoms with Gasteiger partial charge in [-0.1, -0.05) is 6.92 Å². The zero-order valence-corrected chi connectivity index (χ0v) is 7.03. The van der Waals surface area contributed by atoms with E-state index in [1.165, 1.54) is 14.0 Å². The summed E-state index contributed by atoms with van der Waals surface area (Å²) in [5.74, 6) is -2.17. The zero-order chi connectivity index (χ0) is 9.72. The monoisotopic (exact) mass is 180 g/mol. The van der Waals surface area contributed by atoms with E-state index in [1.807, 2.05) is 0 Å². The summed E-state index contributed by atoms with van der Waals surface area (Å²) in [6.07, 6.45) is -3.75. The molecule has 0 rings (SSSR count). The van der Waals surface area contributed by atoms with Crippen LogP contribution in [0.5, 0.6) is 0 Å². The van der Waals surface area contributed by atoms with Gasteiger partial charge in [0.15, 0.2) is 0 Å². The van der Waals surface area contributed by atoms with Crippen LogP contribution in [0.4, 0.5) is 4.39 Å². The number of aliphatic hydroxyl groups is 1. The molecular formula is C7H13FO4. The second-order valence-electron chi connectivity index (χ2n) is 2.66. The predicted molar refractivity (Wildman–Crippen MR) is 39.6 cm³/mol. The first-order valence-corrected chi connectivity index (χ1v) is 3.54. The number of carbonyl (C=O) groups is 1. The molecule has 12 heavy (non-hydrogen) atoms. The SMILES string of the molecule is COCC(C)C(O)C(F)C(=O)O. The number of halogens is 1. The van der Waals surface area contributed by atoms with Crippen molar-refractivity contribution in [2.45, 2.75) is 19.2 Å². The van der Waals surface area contributed by atoms with Crippen molar-refractivity contribution in [1.82, 2.24) is 0 Å². The smallest absolute Gasteiger partial charge is 0.341 e. The number of aliphatic carboxylic acids is 1. The van der Waals surface area contributed by atoms with Crippen molar-refractivity contribution in [2.75, 3.05) is 13.7 Å². The molecule has 3 atom stereocenters. The number of ether oxygens (including phenoxy) is 1. The minimum Gasteiger partial charge on any atom is -0.479 e. The Labute approximate surface area is 70.0 Å². The molecule has 0 aliphatic rings. The number of hydrogen-bond acceptors (Lipinski definition) is 3. The first-order chi connectivity index (χ1) is 5.50. The largest absolute Gasteiger partial charge is 0.479 e. The normalized spacial score (nSPS) is 18.3. The summed E-state index contributed by atoms with van der Waals surface area (Å²) in [7, 11) is 1.40. The molecule has 0 saturated heterocycles. The Morgan fingerprint density at radius 1 is 1.67 bits per heavy atom. The topological polar surface area (TPSA) is 66.8 Å². The van der Waals surface area contributed by atoms with Crippen LogP contribution in [0.3, 0.4) is 0 Å². The van der Waals surface area contributed by atoms with Gasteiger partial charge in [0.1, 0.15) is 6.10 Å². The van der Waals surface area contributed by atoms with Gasteiger partial charge >= 0.3 is 5.97 Å². The zero-order valence-electron chi connectivity index (χ0n) is 7.03. The van der Waals surface area contributed by atoms with Crippen LogP contribution in [-0.4, -0.2) is 42.2 Å². The fourth-order valence-corrected chi connectivity index (χ4v) is 0.796. The fourth-order valence-electron chi connectivity index (χ4n) is 0.796. The minimum atomic E-state index is -2.24. The second kappa shape index (κ2) is 5.05. The van der Waals surface area contributed by atoms with E-state index in [0.717, 1.165) is 0 Å². The summed E-state index contributed by atoms with van der Waals surface area (Å²) in [6.45, 7) is 1.65. The molecule has 0 aromatic heterocycles. The van der Waals surface area contributed by atoms with Crippen molar-refractivity contribution in [3.8, 4) is 0 Å². The first-order valence-electron chi connectivity index (χ1n) is 3.54. The Bertz CT molecular complexity index is 150. The molecule has 0 radical (unpaired) electrons. The van der Waals surface area contributed by atoms with E-state index >= 15 is 0 Å². The Balaban J connectivity index is 3.99. The van der Waals surface area contributed by atoms with E-state index in [1.54, 1.807) is 0 Å². The lowest BCUT2D eigenvalue weighted by molar-refractivity contribution is -0.149. The number of alkyl halides is 1. The molecule has 3 unspecified atom stereocenters. The van der Waals surface area contributed by atoms with Crippen LogP contribution < -0.4 is 0 Å². The highest BCUT2D eigenvalue weighted by atomic mass is 19.1. The lowest BCUT2D eigenvalue weighted by Gasteiger charge is -2.18. The van der Waals surface area contributed by atoms with Gasteiger partial charge in [-0.2, -0.15) is 0 Å². The Morgan fingerprint density at radius 3 is 2.50 bits per heavy atom. The van der Waals surface area contributed by atoms with Gasteiger partial charge in [-0.25, -0.2) is 9.18 Å². The quantitative estimate of drug-likeness (QED) is 0.627. The molecule has 0 saturated carbocycles. The van der Waals surface area contributed by atoms with Gasteiger partial charge in [-0.3, -0.25) is 0 Å². The molecule has 0 aliphatic carbocycles. The molecule has 2 N–H and O–H groups in total. The average Bonchev–Trinajstić information content (AvgIpc) is 2.02. The van der Waals surface area contributed by atoms with Gasteiger partial charge in [0.2, 0.25) is 6.17 Å². The van der Waals surface area contributed by atoms with Crippen molar-refractivity contribution in [2.24, 2.45) is 5.92 Å². The van der Waals surface area contributed by atoms with Crippen LogP contribution in [0.1, 0.15) is 6.92 Å². The van der Waals surface area contributed by atoms with Gasteiger partial charge in [0.05, 0.1) is 6.61 Å². The number of rotatable bonds is 5. The van der Waals surface area contributed by atoms with E-state index in [-0.39, 0.29) is 6.61 Å². The van der Waals surface area contributed by atoms with E-state index < -0.39 is 24.2 Å². The number of methoxy groups -OCH3 is 1. The molecule has 0 aromatic carbocycles. The molecule has 0 amide bonds. The molecule has 0 aromatic rings. The van der Waals surface area contributed by atoms with Crippen molar-refractivity contribution in [3.05, 3.63) is 0 Å². The van der Waals surface area contributed by atoms with Crippen LogP contribution in [0.2, 0.25) is 0 Å². The van der Waals surface area contributed by atoms with Crippen LogP contribution in [0.15, 0.2) is 0 Å². The van der Waals surface area contributed by atoms with Crippen LogP contribution in [-0.2, 0) is 9.53 Å². The number of aliphatic hydroxyl groups excluding tert-OH is 1. The molecule has 0 heterocycles.